The highest BCUT2D eigenvalue weighted by molar-refractivity contribution is 6.34. The van der Waals surface area contributed by atoms with Crippen LogP contribution in [-0.2, 0) is 0 Å². The number of hydrogen-bond donors (Lipinski definition) is 1. The summed E-state index contributed by atoms with van der Waals surface area (Å²) < 4.78 is 5.30. The van der Waals surface area contributed by atoms with Crippen LogP contribution in [0.3, 0.4) is 0 Å². The fourth-order valence-corrected chi connectivity index (χ4v) is 3.57. The molecule has 0 atom stereocenters. The Morgan fingerprint density at radius 2 is 1.74 bits per heavy atom. The molecule has 1 N–H and O–H groups in total. The first-order valence-electron chi connectivity index (χ1n) is 8.42. The molecule has 0 amide bonds. The molecule has 0 saturated carbocycles. The normalized spacial score (nSPS) is 14.1. The van der Waals surface area contributed by atoms with Gasteiger partial charge in [-0.2, -0.15) is 9.97 Å². The summed E-state index contributed by atoms with van der Waals surface area (Å²) >= 11 is 12.6. The second-order valence-corrected chi connectivity index (χ2v) is 6.97. The number of fused-ring (bicyclic) bond motifs is 1. The van der Waals surface area contributed by atoms with E-state index in [4.69, 9.17) is 27.9 Å². The highest BCUT2D eigenvalue weighted by Crippen LogP contribution is 2.36. The number of methoxy groups -OCH3 is 1. The SMILES string of the molecule is COc1nc(N2CCNCC2)c2cc(-c3ccc(Cl)cc3)c(Cl)cc2n1.Cl. The Kier molecular flexibility index (Phi) is 6.27. The third kappa shape index (κ3) is 4.06. The molecule has 1 aromatic heterocycles. The highest BCUT2D eigenvalue weighted by Gasteiger charge is 2.19. The molecule has 27 heavy (non-hydrogen) atoms. The van der Waals surface area contributed by atoms with Crippen molar-refractivity contribution < 1.29 is 4.74 Å². The number of anilines is 1. The van der Waals surface area contributed by atoms with Crippen LogP contribution in [0.25, 0.3) is 22.0 Å². The summed E-state index contributed by atoms with van der Waals surface area (Å²) in [6, 6.07) is 11.9. The Balaban J connectivity index is 0.00000210. The zero-order valence-corrected chi connectivity index (χ0v) is 17.0. The van der Waals surface area contributed by atoms with Gasteiger partial charge in [0.05, 0.1) is 17.6 Å². The van der Waals surface area contributed by atoms with E-state index in [0.717, 1.165) is 54.0 Å². The van der Waals surface area contributed by atoms with Crippen LogP contribution in [0, 0.1) is 0 Å². The third-order valence-corrected chi connectivity index (χ3v) is 5.06. The monoisotopic (exact) mass is 424 g/mol. The quantitative estimate of drug-likeness (QED) is 0.672. The Bertz CT molecular complexity index is 944. The molecule has 8 heteroatoms. The molecule has 1 fully saturated rings. The van der Waals surface area contributed by atoms with Crippen molar-refractivity contribution in [3.05, 3.63) is 46.4 Å². The summed E-state index contributed by atoms with van der Waals surface area (Å²) in [6.07, 6.45) is 0. The highest BCUT2D eigenvalue weighted by atomic mass is 35.5. The van der Waals surface area contributed by atoms with Gasteiger partial charge in [-0.05, 0) is 29.8 Å². The lowest BCUT2D eigenvalue weighted by Gasteiger charge is -2.29. The summed E-state index contributed by atoms with van der Waals surface area (Å²) in [5.41, 5.74) is 2.71. The Hall–Kier alpha value is -1.79. The van der Waals surface area contributed by atoms with E-state index < -0.39 is 0 Å². The van der Waals surface area contributed by atoms with Crippen LogP contribution in [0.2, 0.25) is 10.0 Å². The number of nitrogens with one attached hydrogen (secondary N) is 1. The van der Waals surface area contributed by atoms with Gasteiger partial charge in [0.25, 0.3) is 0 Å². The summed E-state index contributed by atoms with van der Waals surface area (Å²) in [6.45, 7) is 3.61. The van der Waals surface area contributed by atoms with Crippen LogP contribution >= 0.6 is 35.6 Å². The minimum Gasteiger partial charge on any atom is -0.467 e. The first-order chi connectivity index (χ1) is 12.7. The van der Waals surface area contributed by atoms with Crippen molar-refractivity contribution in [3.8, 4) is 17.1 Å². The van der Waals surface area contributed by atoms with Gasteiger partial charge in [0.2, 0.25) is 0 Å². The summed E-state index contributed by atoms with van der Waals surface area (Å²) in [5.74, 6) is 0.875. The number of benzene rings is 2. The van der Waals surface area contributed by atoms with Gasteiger partial charge in [-0.1, -0.05) is 35.3 Å². The molecule has 0 bridgehead atoms. The van der Waals surface area contributed by atoms with Gasteiger partial charge < -0.3 is 15.0 Å². The second kappa shape index (κ2) is 8.48. The molecule has 0 spiro atoms. The summed E-state index contributed by atoms with van der Waals surface area (Å²) in [7, 11) is 1.58. The molecular weight excluding hydrogens is 407 g/mol. The maximum Gasteiger partial charge on any atom is 0.318 e. The van der Waals surface area contributed by atoms with Gasteiger partial charge in [0.15, 0.2) is 0 Å². The smallest absolute Gasteiger partial charge is 0.318 e. The lowest BCUT2D eigenvalue weighted by Crippen LogP contribution is -2.44. The fourth-order valence-electron chi connectivity index (χ4n) is 3.17. The molecule has 1 aliphatic rings. The van der Waals surface area contributed by atoms with E-state index in [-0.39, 0.29) is 12.4 Å². The number of hydrogen-bond acceptors (Lipinski definition) is 5. The van der Waals surface area contributed by atoms with Gasteiger partial charge in [0.1, 0.15) is 5.82 Å². The largest absolute Gasteiger partial charge is 0.467 e. The van der Waals surface area contributed by atoms with Gasteiger partial charge in [0, 0.05) is 42.2 Å². The predicted molar refractivity (Wildman–Crippen MR) is 114 cm³/mol. The fraction of sp³-hybridized carbons (Fsp3) is 0.263. The molecule has 2 heterocycles. The zero-order chi connectivity index (χ0) is 18.1. The van der Waals surface area contributed by atoms with E-state index in [1.54, 1.807) is 7.11 Å². The van der Waals surface area contributed by atoms with Crippen LogP contribution in [0.4, 0.5) is 5.82 Å². The number of nitrogens with zero attached hydrogens (tertiary/aromatic N) is 3. The number of ether oxygens (including phenoxy) is 1. The molecule has 1 aliphatic heterocycles. The molecule has 142 valence electrons. The number of rotatable bonds is 3. The van der Waals surface area contributed by atoms with Crippen LogP contribution in [0.5, 0.6) is 6.01 Å². The molecule has 0 radical (unpaired) electrons. The van der Waals surface area contributed by atoms with Crippen LogP contribution in [0.1, 0.15) is 0 Å². The molecule has 4 rings (SSSR count). The second-order valence-electron chi connectivity index (χ2n) is 6.13. The average Bonchev–Trinajstić information content (AvgIpc) is 2.68. The van der Waals surface area contributed by atoms with E-state index >= 15 is 0 Å². The first kappa shape index (κ1) is 20.0. The third-order valence-electron chi connectivity index (χ3n) is 4.50. The molecule has 1 saturated heterocycles. The van der Waals surface area contributed by atoms with Gasteiger partial charge in [-0.3, -0.25) is 0 Å². The van der Waals surface area contributed by atoms with Crippen molar-refractivity contribution in [2.75, 3.05) is 38.2 Å². The zero-order valence-electron chi connectivity index (χ0n) is 14.7. The van der Waals surface area contributed by atoms with Crippen molar-refractivity contribution in [1.29, 1.82) is 0 Å². The van der Waals surface area contributed by atoms with Crippen LogP contribution in [-0.4, -0.2) is 43.3 Å². The molecule has 3 aromatic rings. The standard InChI is InChI=1S/C19H18Cl2N4O.ClH/c1-26-19-23-17-11-16(21)14(12-2-4-13(20)5-3-12)10-15(17)18(24-19)25-8-6-22-7-9-25;/h2-5,10-11,22H,6-9H2,1H3;1H. The average molecular weight is 426 g/mol. The van der Waals surface area contributed by atoms with Crippen molar-refractivity contribution >= 4 is 52.3 Å². The predicted octanol–water partition coefficient (Wildman–Crippen LogP) is 4.44. The number of aromatic nitrogens is 2. The van der Waals surface area contributed by atoms with Crippen molar-refractivity contribution in [2.24, 2.45) is 0 Å². The van der Waals surface area contributed by atoms with Crippen LogP contribution < -0.4 is 15.0 Å². The minimum absolute atomic E-state index is 0. The lowest BCUT2D eigenvalue weighted by atomic mass is 10.0. The molecule has 2 aromatic carbocycles. The van der Waals surface area contributed by atoms with E-state index in [9.17, 15) is 0 Å². The number of piperazine rings is 1. The lowest BCUT2D eigenvalue weighted by molar-refractivity contribution is 0.381. The van der Waals surface area contributed by atoms with Gasteiger partial charge in [-0.15, -0.1) is 12.4 Å². The molecule has 0 unspecified atom stereocenters. The van der Waals surface area contributed by atoms with Crippen molar-refractivity contribution in [1.82, 2.24) is 15.3 Å². The van der Waals surface area contributed by atoms with Crippen LogP contribution in [0.15, 0.2) is 36.4 Å². The molecule has 5 nitrogen and oxygen atoms in total. The maximum absolute atomic E-state index is 6.55. The summed E-state index contributed by atoms with van der Waals surface area (Å²) in [4.78, 5) is 11.4. The topological polar surface area (TPSA) is 50.3 Å². The number of halogens is 3. The van der Waals surface area contributed by atoms with E-state index in [1.165, 1.54) is 0 Å². The van der Waals surface area contributed by atoms with Gasteiger partial charge in [-0.25, -0.2) is 0 Å². The molecule has 0 aliphatic carbocycles. The van der Waals surface area contributed by atoms with Crippen molar-refractivity contribution in [3.63, 3.8) is 0 Å². The maximum atomic E-state index is 6.55. The van der Waals surface area contributed by atoms with E-state index in [0.29, 0.717) is 16.1 Å². The first-order valence-corrected chi connectivity index (χ1v) is 9.18. The molecular formula is C19H19Cl3N4O. The minimum atomic E-state index is 0. The Labute approximate surface area is 174 Å². The summed E-state index contributed by atoms with van der Waals surface area (Å²) in [5, 5.41) is 5.65. The van der Waals surface area contributed by atoms with Crippen molar-refractivity contribution in [2.45, 2.75) is 0 Å². The van der Waals surface area contributed by atoms with E-state index in [2.05, 4.69) is 26.3 Å². The van der Waals surface area contributed by atoms with Gasteiger partial charge >= 0.3 is 6.01 Å². The Morgan fingerprint density at radius 1 is 1.04 bits per heavy atom. The Morgan fingerprint density at radius 3 is 2.41 bits per heavy atom. The van der Waals surface area contributed by atoms with E-state index in [1.807, 2.05) is 30.3 Å².